The van der Waals surface area contributed by atoms with Gasteiger partial charge in [-0.2, -0.15) is 5.10 Å². The van der Waals surface area contributed by atoms with Crippen molar-refractivity contribution in [3.05, 3.63) is 114 Å². The van der Waals surface area contributed by atoms with E-state index in [1.807, 2.05) is 42.5 Å². The van der Waals surface area contributed by atoms with Crippen LogP contribution in [0.2, 0.25) is 0 Å². The minimum absolute atomic E-state index is 0.339. The molecule has 31 heavy (non-hydrogen) atoms. The van der Waals surface area contributed by atoms with E-state index in [1.54, 1.807) is 30.5 Å². The summed E-state index contributed by atoms with van der Waals surface area (Å²) in [5.41, 5.74) is 4.67. The van der Waals surface area contributed by atoms with Gasteiger partial charge in [0, 0.05) is 22.4 Å². The lowest BCUT2D eigenvalue weighted by atomic mass is 10.1. The molecule has 152 valence electrons. The number of nitrogens with zero attached hydrogens (tertiary/aromatic N) is 1. The number of halogens is 1. The van der Waals surface area contributed by atoms with Gasteiger partial charge in [-0.25, -0.2) is 9.82 Å². The highest BCUT2D eigenvalue weighted by molar-refractivity contribution is 6.04. The number of hydrogen-bond donors (Lipinski definition) is 2. The van der Waals surface area contributed by atoms with Crippen molar-refractivity contribution in [2.24, 2.45) is 5.10 Å². The molecule has 4 aromatic rings. The van der Waals surface area contributed by atoms with Gasteiger partial charge in [0.1, 0.15) is 5.82 Å². The van der Waals surface area contributed by atoms with Crippen LogP contribution in [0.5, 0.6) is 0 Å². The van der Waals surface area contributed by atoms with Gasteiger partial charge in [0.05, 0.1) is 6.21 Å². The number of benzene rings is 4. The van der Waals surface area contributed by atoms with Crippen LogP contribution in [0.4, 0.5) is 10.1 Å². The second-order valence-corrected chi connectivity index (χ2v) is 6.81. The van der Waals surface area contributed by atoms with Crippen LogP contribution in [0.15, 0.2) is 96.1 Å². The van der Waals surface area contributed by atoms with Gasteiger partial charge in [0.15, 0.2) is 0 Å². The molecule has 0 aromatic heterocycles. The maximum atomic E-state index is 13.0. The van der Waals surface area contributed by atoms with E-state index in [0.29, 0.717) is 16.8 Å². The van der Waals surface area contributed by atoms with Crippen LogP contribution in [0, 0.1) is 5.82 Å². The first-order valence-corrected chi connectivity index (χ1v) is 9.58. The van der Waals surface area contributed by atoms with Crippen molar-refractivity contribution in [1.82, 2.24) is 5.43 Å². The standard InChI is InChI=1S/C25H18FN3O2/c26-21-12-8-18(9-13-21)24(30)28-22-14-10-19(11-15-22)25(31)29-27-16-20-6-3-5-17-4-1-2-7-23(17)20/h1-16H,(H,28,30)(H,29,31)/b27-16-. The smallest absolute Gasteiger partial charge is 0.271 e. The van der Waals surface area contributed by atoms with Crippen LogP contribution < -0.4 is 10.7 Å². The SMILES string of the molecule is O=C(N/N=C\c1cccc2ccccc12)c1ccc(NC(=O)c2ccc(F)cc2)cc1. The third kappa shape index (κ3) is 4.82. The van der Waals surface area contributed by atoms with E-state index < -0.39 is 5.82 Å². The quantitative estimate of drug-likeness (QED) is 0.359. The Morgan fingerprint density at radius 3 is 2.16 bits per heavy atom. The van der Waals surface area contributed by atoms with Crippen molar-refractivity contribution < 1.29 is 14.0 Å². The zero-order valence-corrected chi connectivity index (χ0v) is 16.4. The predicted octanol–water partition coefficient (Wildman–Crippen LogP) is 5.00. The molecule has 0 heterocycles. The Balaban J connectivity index is 1.38. The molecule has 0 aliphatic heterocycles. The molecule has 0 spiro atoms. The number of carbonyl (C=O) groups excluding carboxylic acids is 2. The first-order valence-electron chi connectivity index (χ1n) is 9.58. The zero-order valence-electron chi connectivity index (χ0n) is 16.4. The molecular formula is C25H18FN3O2. The summed E-state index contributed by atoms with van der Waals surface area (Å²) in [6.07, 6.45) is 1.61. The van der Waals surface area contributed by atoms with E-state index in [0.717, 1.165) is 16.3 Å². The summed E-state index contributed by atoms with van der Waals surface area (Å²) < 4.78 is 13.0. The minimum atomic E-state index is -0.407. The Hall–Kier alpha value is -4.32. The number of hydrazone groups is 1. The van der Waals surface area contributed by atoms with Gasteiger partial charge in [-0.05, 0) is 59.3 Å². The van der Waals surface area contributed by atoms with E-state index in [-0.39, 0.29) is 11.8 Å². The van der Waals surface area contributed by atoms with E-state index in [1.165, 1.54) is 24.3 Å². The second kappa shape index (κ2) is 9.00. The third-order valence-electron chi connectivity index (χ3n) is 4.70. The van der Waals surface area contributed by atoms with Crippen LogP contribution in [0.3, 0.4) is 0 Å². The van der Waals surface area contributed by atoms with Gasteiger partial charge in [-0.3, -0.25) is 9.59 Å². The molecule has 6 heteroatoms. The molecule has 0 saturated heterocycles. The molecule has 5 nitrogen and oxygen atoms in total. The van der Waals surface area contributed by atoms with Gasteiger partial charge in [0.25, 0.3) is 11.8 Å². The van der Waals surface area contributed by atoms with Crippen molar-refractivity contribution in [2.75, 3.05) is 5.32 Å². The van der Waals surface area contributed by atoms with Gasteiger partial charge < -0.3 is 5.32 Å². The Labute approximate surface area is 178 Å². The van der Waals surface area contributed by atoms with E-state index >= 15 is 0 Å². The molecule has 4 aromatic carbocycles. The van der Waals surface area contributed by atoms with E-state index in [9.17, 15) is 14.0 Å². The number of nitrogens with one attached hydrogen (secondary N) is 2. The predicted molar refractivity (Wildman–Crippen MR) is 120 cm³/mol. The van der Waals surface area contributed by atoms with Gasteiger partial charge in [-0.1, -0.05) is 42.5 Å². The van der Waals surface area contributed by atoms with Gasteiger partial charge in [0.2, 0.25) is 0 Å². The van der Waals surface area contributed by atoms with Gasteiger partial charge in [-0.15, -0.1) is 0 Å². The van der Waals surface area contributed by atoms with E-state index in [4.69, 9.17) is 0 Å². The van der Waals surface area contributed by atoms with Crippen molar-refractivity contribution in [1.29, 1.82) is 0 Å². The fourth-order valence-electron chi connectivity index (χ4n) is 3.10. The summed E-state index contributed by atoms with van der Waals surface area (Å²) in [7, 11) is 0. The Morgan fingerprint density at radius 1 is 0.742 bits per heavy atom. The van der Waals surface area contributed by atoms with Crippen LogP contribution in [0.25, 0.3) is 10.8 Å². The first kappa shape index (κ1) is 20.0. The number of anilines is 1. The maximum absolute atomic E-state index is 13.0. The zero-order chi connectivity index (χ0) is 21.6. The highest BCUT2D eigenvalue weighted by atomic mass is 19.1. The normalized spacial score (nSPS) is 10.9. The minimum Gasteiger partial charge on any atom is -0.322 e. The summed E-state index contributed by atoms with van der Waals surface area (Å²) in [5.74, 6) is -1.14. The molecule has 0 saturated carbocycles. The number of fused-ring (bicyclic) bond motifs is 1. The molecule has 0 bridgehead atoms. The lowest BCUT2D eigenvalue weighted by Crippen LogP contribution is -2.18. The molecule has 0 atom stereocenters. The molecule has 0 fully saturated rings. The number of carbonyl (C=O) groups is 2. The fraction of sp³-hybridized carbons (Fsp3) is 0. The number of amides is 2. The molecule has 2 N–H and O–H groups in total. The molecule has 0 aliphatic rings. The van der Waals surface area contributed by atoms with Crippen LogP contribution in [-0.4, -0.2) is 18.0 Å². The monoisotopic (exact) mass is 411 g/mol. The largest absolute Gasteiger partial charge is 0.322 e. The Kier molecular flexibility index (Phi) is 5.80. The highest BCUT2D eigenvalue weighted by Gasteiger charge is 2.08. The van der Waals surface area contributed by atoms with Crippen molar-refractivity contribution in [3.63, 3.8) is 0 Å². The van der Waals surface area contributed by atoms with Crippen LogP contribution in [0.1, 0.15) is 26.3 Å². The molecular weight excluding hydrogens is 393 g/mol. The molecule has 4 rings (SSSR count). The van der Waals surface area contributed by atoms with E-state index in [2.05, 4.69) is 15.8 Å². The lowest BCUT2D eigenvalue weighted by molar-refractivity contribution is 0.0954. The molecule has 0 unspecified atom stereocenters. The lowest BCUT2D eigenvalue weighted by Gasteiger charge is -2.06. The fourth-order valence-corrected chi connectivity index (χ4v) is 3.10. The third-order valence-corrected chi connectivity index (χ3v) is 4.70. The van der Waals surface area contributed by atoms with Crippen molar-refractivity contribution in [3.8, 4) is 0 Å². The highest BCUT2D eigenvalue weighted by Crippen LogP contribution is 2.17. The summed E-state index contributed by atoms with van der Waals surface area (Å²) in [6.45, 7) is 0. The number of rotatable bonds is 5. The molecule has 0 aliphatic carbocycles. The van der Waals surface area contributed by atoms with Crippen molar-refractivity contribution >= 4 is 34.5 Å². The molecule has 0 radical (unpaired) electrons. The first-order chi connectivity index (χ1) is 15.1. The number of hydrogen-bond acceptors (Lipinski definition) is 3. The van der Waals surface area contributed by atoms with Gasteiger partial charge >= 0.3 is 0 Å². The summed E-state index contributed by atoms with van der Waals surface area (Å²) in [4.78, 5) is 24.5. The average molecular weight is 411 g/mol. The summed E-state index contributed by atoms with van der Waals surface area (Å²) >= 11 is 0. The van der Waals surface area contributed by atoms with Crippen LogP contribution >= 0.6 is 0 Å². The molecule has 2 amide bonds. The van der Waals surface area contributed by atoms with Crippen molar-refractivity contribution in [2.45, 2.75) is 0 Å². The topological polar surface area (TPSA) is 70.6 Å². The Bertz CT molecular complexity index is 1260. The summed E-state index contributed by atoms with van der Waals surface area (Å²) in [5, 5.41) is 8.90. The van der Waals surface area contributed by atoms with Crippen LogP contribution in [-0.2, 0) is 0 Å². The average Bonchev–Trinajstić information content (AvgIpc) is 2.80. The maximum Gasteiger partial charge on any atom is 0.271 e. The summed E-state index contributed by atoms with van der Waals surface area (Å²) in [6, 6.07) is 25.5. The second-order valence-electron chi connectivity index (χ2n) is 6.81. The Morgan fingerprint density at radius 2 is 1.39 bits per heavy atom.